The summed E-state index contributed by atoms with van der Waals surface area (Å²) in [6.07, 6.45) is 4.91. The fourth-order valence-corrected chi connectivity index (χ4v) is 2.91. The molecule has 0 atom stereocenters. The average molecular weight is 288 g/mol. The van der Waals surface area contributed by atoms with E-state index in [4.69, 9.17) is 22.1 Å². The number of hydrogen-bond donors (Lipinski definition) is 1. The maximum Gasteiger partial charge on any atom is 0.128 e. The van der Waals surface area contributed by atoms with Gasteiger partial charge in [0.25, 0.3) is 0 Å². The minimum absolute atomic E-state index is 0.442. The molecule has 1 aliphatic carbocycles. The van der Waals surface area contributed by atoms with E-state index < -0.39 is 0 Å². The Balaban J connectivity index is 1.82. The summed E-state index contributed by atoms with van der Waals surface area (Å²) >= 11 is 6.15. The van der Waals surface area contributed by atoms with Crippen molar-refractivity contribution >= 4 is 11.6 Å². The van der Waals surface area contributed by atoms with E-state index in [1.54, 1.807) is 0 Å². The van der Waals surface area contributed by atoms with E-state index in [1.807, 2.05) is 24.3 Å². The Morgan fingerprint density at radius 3 is 2.40 bits per heavy atom. The topological polar surface area (TPSA) is 35.2 Å². The first-order chi connectivity index (χ1) is 9.76. The van der Waals surface area contributed by atoms with Gasteiger partial charge in [-0.15, -0.1) is 0 Å². The van der Waals surface area contributed by atoms with Crippen molar-refractivity contribution in [2.75, 3.05) is 0 Å². The molecular formula is C17H18ClNO. The molecule has 2 nitrogen and oxygen atoms in total. The molecule has 0 saturated heterocycles. The molecule has 104 valence electrons. The first-order valence-corrected chi connectivity index (χ1v) is 7.42. The molecule has 0 aliphatic heterocycles. The Labute approximate surface area is 124 Å². The summed E-state index contributed by atoms with van der Waals surface area (Å²) in [5.41, 5.74) is 9.41. The second kappa shape index (κ2) is 5.86. The number of aryl methyl sites for hydroxylation is 2. The van der Waals surface area contributed by atoms with E-state index in [2.05, 4.69) is 12.1 Å². The third kappa shape index (κ3) is 2.82. The van der Waals surface area contributed by atoms with Crippen molar-refractivity contribution in [2.24, 2.45) is 5.73 Å². The fraction of sp³-hybridized carbons (Fsp3) is 0.294. The molecule has 0 saturated carbocycles. The quantitative estimate of drug-likeness (QED) is 0.904. The fourth-order valence-electron chi connectivity index (χ4n) is 2.67. The van der Waals surface area contributed by atoms with Gasteiger partial charge in [-0.25, -0.2) is 0 Å². The zero-order valence-corrected chi connectivity index (χ0v) is 12.1. The lowest BCUT2D eigenvalue weighted by Gasteiger charge is -2.17. The van der Waals surface area contributed by atoms with Gasteiger partial charge in [0.2, 0.25) is 0 Å². The van der Waals surface area contributed by atoms with E-state index in [0.717, 1.165) is 23.5 Å². The molecule has 0 aromatic heterocycles. The van der Waals surface area contributed by atoms with Crippen LogP contribution in [-0.2, 0) is 19.4 Å². The van der Waals surface area contributed by atoms with E-state index >= 15 is 0 Å². The van der Waals surface area contributed by atoms with Crippen LogP contribution in [0.5, 0.6) is 11.5 Å². The maximum atomic E-state index is 6.15. The van der Waals surface area contributed by atoms with Crippen molar-refractivity contribution in [1.29, 1.82) is 0 Å². The normalized spacial score (nSPS) is 13.9. The van der Waals surface area contributed by atoms with Crippen LogP contribution in [0.1, 0.15) is 29.5 Å². The molecule has 2 aromatic rings. The molecule has 0 spiro atoms. The summed E-state index contributed by atoms with van der Waals surface area (Å²) in [5, 5.41) is 0.656. The predicted molar refractivity (Wildman–Crippen MR) is 82.5 cm³/mol. The van der Waals surface area contributed by atoms with E-state index in [-0.39, 0.29) is 0 Å². The molecule has 2 aromatic carbocycles. The Morgan fingerprint density at radius 1 is 0.950 bits per heavy atom. The predicted octanol–water partition coefficient (Wildman–Crippen LogP) is 4.47. The van der Waals surface area contributed by atoms with Crippen molar-refractivity contribution in [3.63, 3.8) is 0 Å². The number of ether oxygens (including phenoxy) is 1. The minimum atomic E-state index is 0.442. The lowest BCUT2D eigenvalue weighted by Crippen LogP contribution is -2.02. The molecule has 0 fully saturated rings. The molecule has 0 heterocycles. The highest BCUT2D eigenvalue weighted by molar-refractivity contribution is 6.31. The van der Waals surface area contributed by atoms with Crippen LogP contribution in [0.2, 0.25) is 5.02 Å². The maximum absolute atomic E-state index is 6.15. The van der Waals surface area contributed by atoms with Gasteiger partial charge >= 0.3 is 0 Å². The summed E-state index contributed by atoms with van der Waals surface area (Å²) in [6, 6.07) is 12.0. The summed E-state index contributed by atoms with van der Waals surface area (Å²) in [4.78, 5) is 0. The molecule has 0 radical (unpaired) electrons. The van der Waals surface area contributed by atoms with E-state index in [0.29, 0.717) is 11.6 Å². The van der Waals surface area contributed by atoms with Gasteiger partial charge < -0.3 is 10.5 Å². The molecular weight excluding hydrogens is 270 g/mol. The Kier molecular flexibility index (Phi) is 3.95. The number of benzene rings is 2. The SMILES string of the molecule is NCc1ccc(Oc2ccc3c(c2)CCCC3)cc1Cl. The molecule has 3 rings (SSSR count). The molecule has 0 unspecified atom stereocenters. The van der Waals surface area contributed by atoms with Gasteiger partial charge in [-0.1, -0.05) is 23.7 Å². The minimum Gasteiger partial charge on any atom is -0.457 e. The molecule has 3 heteroatoms. The lowest BCUT2D eigenvalue weighted by atomic mass is 9.92. The number of nitrogens with two attached hydrogens (primary N) is 1. The van der Waals surface area contributed by atoms with Crippen molar-refractivity contribution in [2.45, 2.75) is 32.2 Å². The van der Waals surface area contributed by atoms with Gasteiger partial charge in [-0.05, 0) is 66.6 Å². The van der Waals surface area contributed by atoms with Gasteiger partial charge in [-0.2, -0.15) is 0 Å². The number of fused-ring (bicyclic) bond motifs is 1. The van der Waals surface area contributed by atoms with Crippen LogP contribution in [0.25, 0.3) is 0 Å². The first kappa shape index (κ1) is 13.5. The third-order valence-corrected chi connectivity index (χ3v) is 4.15. The van der Waals surface area contributed by atoms with Crippen LogP contribution in [0.15, 0.2) is 36.4 Å². The van der Waals surface area contributed by atoms with Crippen LogP contribution in [0, 0.1) is 0 Å². The smallest absolute Gasteiger partial charge is 0.128 e. The second-order valence-electron chi connectivity index (χ2n) is 5.20. The summed E-state index contributed by atoms with van der Waals surface area (Å²) in [6.45, 7) is 0.442. The van der Waals surface area contributed by atoms with Crippen LogP contribution in [0.3, 0.4) is 0 Å². The Hall–Kier alpha value is -1.51. The molecule has 1 aliphatic rings. The van der Waals surface area contributed by atoms with Gasteiger partial charge in [-0.3, -0.25) is 0 Å². The Bertz CT molecular complexity index is 624. The third-order valence-electron chi connectivity index (χ3n) is 3.80. The number of hydrogen-bond acceptors (Lipinski definition) is 2. The largest absolute Gasteiger partial charge is 0.457 e. The summed E-state index contributed by atoms with van der Waals surface area (Å²) < 4.78 is 5.90. The highest BCUT2D eigenvalue weighted by Crippen LogP contribution is 2.30. The standard InChI is InChI=1S/C17H18ClNO/c18-17-10-16(8-6-14(17)11-19)20-15-7-5-12-3-1-2-4-13(12)9-15/h5-10H,1-4,11,19H2. The van der Waals surface area contributed by atoms with Crippen molar-refractivity contribution < 1.29 is 4.74 Å². The van der Waals surface area contributed by atoms with Gasteiger partial charge in [0.15, 0.2) is 0 Å². The molecule has 0 amide bonds. The second-order valence-corrected chi connectivity index (χ2v) is 5.60. The number of halogens is 1. The van der Waals surface area contributed by atoms with Crippen LogP contribution in [0.4, 0.5) is 0 Å². The zero-order chi connectivity index (χ0) is 13.9. The average Bonchev–Trinajstić information content (AvgIpc) is 2.47. The summed E-state index contributed by atoms with van der Waals surface area (Å²) in [7, 11) is 0. The monoisotopic (exact) mass is 287 g/mol. The van der Waals surface area contributed by atoms with E-state index in [9.17, 15) is 0 Å². The van der Waals surface area contributed by atoms with Gasteiger partial charge in [0.05, 0.1) is 0 Å². The van der Waals surface area contributed by atoms with Crippen molar-refractivity contribution in [1.82, 2.24) is 0 Å². The summed E-state index contributed by atoms with van der Waals surface area (Å²) in [5.74, 6) is 1.63. The van der Waals surface area contributed by atoms with Crippen molar-refractivity contribution in [3.05, 3.63) is 58.1 Å². The van der Waals surface area contributed by atoms with Crippen LogP contribution in [-0.4, -0.2) is 0 Å². The molecule has 2 N–H and O–H groups in total. The van der Waals surface area contributed by atoms with Crippen LogP contribution < -0.4 is 10.5 Å². The van der Waals surface area contributed by atoms with Crippen LogP contribution >= 0.6 is 11.6 Å². The Morgan fingerprint density at radius 2 is 1.65 bits per heavy atom. The first-order valence-electron chi connectivity index (χ1n) is 7.04. The lowest BCUT2D eigenvalue weighted by molar-refractivity contribution is 0.480. The van der Waals surface area contributed by atoms with Crippen molar-refractivity contribution in [3.8, 4) is 11.5 Å². The highest BCUT2D eigenvalue weighted by Gasteiger charge is 2.10. The zero-order valence-electron chi connectivity index (χ0n) is 11.4. The molecule has 0 bridgehead atoms. The van der Waals surface area contributed by atoms with Gasteiger partial charge in [0, 0.05) is 11.6 Å². The number of rotatable bonds is 3. The highest BCUT2D eigenvalue weighted by atomic mass is 35.5. The molecule has 20 heavy (non-hydrogen) atoms. The van der Waals surface area contributed by atoms with Gasteiger partial charge in [0.1, 0.15) is 11.5 Å². The van der Waals surface area contributed by atoms with E-state index in [1.165, 1.54) is 30.4 Å².